The summed E-state index contributed by atoms with van der Waals surface area (Å²) < 4.78 is 0. The molecule has 0 bridgehead atoms. The Labute approximate surface area is 227 Å². The first-order chi connectivity index (χ1) is 18.8. The van der Waals surface area contributed by atoms with Gasteiger partial charge in [-0.15, -0.1) is 0 Å². The predicted molar refractivity (Wildman–Crippen MR) is 155 cm³/mol. The van der Waals surface area contributed by atoms with Gasteiger partial charge in [0.1, 0.15) is 0 Å². The molecular weight excluding hydrogens is 464 g/mol. The predicted octanol–water partition coefficient (Wildman–Crippen LogP) is 5.97. The Bertz CT molecular complexity index is 1320. The molecule has 6 rings (SSSR count). The summed E-state index contributed by atoms with van der Waals surface area (Å²) in [4.78, 5) is 7.59. The van der Waals surface area contributed by atoms with Gasteiger partial charge in [-0.1, -0.05) is 84.9 Å². The maximum Gasteiger partial charge on any atom is 0.0607 e. The number of aromatic nitrogens is 1. The minimum Gasteiger partial charge on any atom is -0.309 e. The molecule has 1 aromatic heterocycles. The van der Waals surface area contributed by atoms with Gasteiger partial charge in [0.15, 0.2) is 0 Å². The van der Waals surface area contributed by atoms with E-state index < -0.39 is 0 Å². The third-order valence-corrected chi connectivity index (χ3v) is 8.14. The van der Waals surface area contributed by atoms with Crippen LogP contribution >= 0.6 is 0 Å². The van der Waals surface area contributed by atoms with Crippen LogP contribution in [0.1, 0.15) is 58.0 Å². The molecule has 0 fully saturated rings. The van der Waals surface area contributed by atoms with Crippen LogP contribution in [-0.4, -0.2) is 22.5 Å². The van der Waals surface area contributed by atoms with Crippen LogP contribution in [0.3, 0.4) is 0 Å². The molecule has 0 saturated heterocycles. The molecule has 2 N–H and O–H groups in total. The molecule has 194 valence electrons. The zero-order valence-electron chi connectivity index (χ0n) is 22.2. The molecule has 1 aliphatic carbocycles. The molecule has 2 atom stereocenters. The van der Waals surface area contributed by atoms with Crippen LogP contribution in [0.15, 0.2) is 97.2 Å². The zero-order valence-corrected chi connectivity index (χ0v) is 22.2. The first-order valence-corrected chi connectivity index (χ1v) is 14.1. The van der Waals surface area contributed by atoms with Gasteiger partial charge >= 0.3 is 0 Å². The van der Waals surface area contributed by atoms with Crippen molar-refractivity contribution < 1.29 is 0 Å². The van der Waals surface area contributed by atoms with Crippen molar-refractivity contribution in [1.82, 2.24) is 20.5 Å². The Morgan fingerprint density at radius 3 is 2.32 bits per heavy atom. The fraction of sp³-hybridized carbons (Fsp3) is 0.324. The van der Waals surface area contributed by atoms with Crippen LogP contribution in [-0.2, 0) is 39.0 Å². The number of pyridine rings is 1. The van der Waals surface area contributed by atoms with Gasteiger partial charge in [-0.25, -0.2) is 0 Å². The van der Waals surface area contributed by atoms with E-state index in [9.17, 15) is 0 Å². The highest BCUT2D eigenvalue weighted by molar-refractivity contribution is 5.31. The molecule has 0 saturated carbocycles. The lowest BCUT2D eigenvalue weighted by molar-refractivity contribution is 0.145. The van der Waals surface area contributed by atoms with Gasteiger partial charge in [-0.2, -0.15) is 0 Å². The smallest absolute Gasteiger partial charge is 0.0607 e. The molecule has 4 heteroatoms. The Kier molecular flexibility index (Phi) is 7.92. The van der Waals surface area contributed by atoms with Gasteiger partial charge in [0.2, 0.25) is 0 Å². The Balaban J connectivity index is 1.16. The Hall–Kier alpha value is -3.31. The van der Waals surface area contributed by atoms with Crippen molar-refractivity contribution in [2.24, 2.45) is 0 Å². The molecule has 3 aromatic carbocycles. The second-order valence-corrected chi connectivity index (χ2v) is 10.8. The first kappa shape index (κ1) is 25.0. The van der Waals surface area contributed by atoms with E-state index >= 15 is 0 Å². The fourth-order valence-corrected chi connectivity index (χ4v) is 6.12. The summed E-state index contributed by atoms with van der Waals surface area (Å²) in [6.07, 6.45) is 6.61. The van der Waals surface area contributed by atoms with E-state index in [1.807, 2.05) is 6.20 Å². The third kappa shape index (κ3) is 6.05. The highest BCUT2D eigenvalue weighted by atomic mass is 15.2. The molecule has 1 aliphatic heterocycles. The summed E-state index contributed by atoms with van der Waals surface area (Å²) in [7, 11) is 0. The minimum atomic E-state index is 0.367. The van der Waals surface area contributed by atoms with Crippen molar-refractivity contribution in [2.45, 2.75) is 63.9 Å². The minimum absolute atomic E-state index is 0.367. The zero-order chi connectivity index (χ0) is 25.6. The summed E-state index contributed by atoms with van der Waals surface area (Å²) in [5, 5.41) is 7.41. The quantitative estimate of drug-likeness (QED) is 0.296. The Morgan fingerprint density at radius 2 is 1.47 bits per heavy atom. The number of hydrogen-bond acceptors (Lipinski definition) is 4. The van der Waals surface area contributed by atoms with E-state index in [1.54, 1.807) is 0 Å². The highest BCUT2D eigenvalue weighted by Crippen LogP contribution is 2.34. The lowest BCUT2D eigenvalue weighted by Gasteiger charge is -2.38. The van der Waals surface area contributed by atoms with E-state index in [0.29, 0.717) is 12.1 Å². The molecule has 2 heterocycles. The molecule has 0 unspecified atom stereocenters. The van der Waals surface area contributed by atoms with Crippen LogP contribution < -0.4 is 10.6 Å². The number of rotatable bonds is 9. The molecular formula is C34H38N4. The number of benzene rings is 3. The molecule has 4 nitrogen and oxygen atoms in total. The summed E-state index contributed by atoms with van der Waals surface area (Å²) in [6.45, 7) is 4.69. The van der Waals surface area contributed by atoms with Crippen molar-refractivity contribution in [3.8, 4) is 0 Å². The SMILES string of the molecule is c1ccc(CNCc2ccc(CN(C[C@H]3Cc4ccccc4CN3)[C@H]3CCCc4cccnc43)cc2)cc1. The molecule has 4 aromatic rings. The summed E-state index contributed by atoms with van der Waals surface area (Å²) in [5.41, 5.74) is 9.66. The van der Waals surface area contributed by atoms with E-state index in [4.69, 9.17) is 4.98 Å². The van der Waals surface area contributed by atoms with Crippen molar-refractivity contribution >= 4 is 0 Å². The van der Waals surface area contributed by atoms with Crippen molar-refractivity contribution in [3.05, 3.63) is 136 Å². The summed E-state index contributed by atoms with van der Waals surface area (Å²) in [6, 6.07) is 33.9. The third-order valence-electron chi connectivity index (χ3n) is 8.14. The molecule has 0 radical (unpaired) electrons. The number of nitrogens with zero attached hydrogens (tertiary/aromatic N) is 2. The number of hydrogen-bond donors (Lipinski definition) is 2. The van der Waals surface area contributed by atoms with Gasteiger partial charge in [-0.3, -0.25) is 9.88 Å². The van der Waals surface area contributed by atoms with Crippen LogP contribution in [0, 0.1) is 0 Å². The largest absolute Gasteiger partial charge is 0.309 e. The van der Waals surface area contributed by atoms with Crippen LogP contribution in [0.4, 0.5) is 0 Å². The fourth-order valence-electron chi connectivity index (χ4n) is 6.12. The maximum absolute atomic E-state index is 4.89. The monoisotopic (exact) mass is 502 g/mol. The van der Waals surface area contributed by atoms with E-state index in [1.165, 1.54) is 51.9 Å². The van der Waals surface area contributed by atoms with Gasteiger partial charge in [0, 0.05) is 45.0 Å². The summed E-state index contributed by atoms with van der Waals surface area (Å²) in [5.74, 6) is 0. The number of aryl methyl sites for hydroxylation is 1. The normalized spacial score (nSPS) is 18.7. The Morgan fingerprint density at radius 1 is 0.763 bits per heavy atom. The van der Waals surface area contributed by atoms with Gasteiger partial charge in [0.05, 0.1) is 11.7 Å². The van der Waals surface area contributed by atoms with E-state index in [-0.39, 0.29) is 0 Å². The van der Waals surface area contributed by atoms with Crippen molar-refractivity contribution in [2.75, 3.05) is 6.54 Å². The lowest BCUT2D eigenvalue weighted by Crippen LogP contribution is -2.46. The molecule has 0 amide bonds. The second kappa shape index (κ2) is 12.0. The number of nitrogens with one attached hydrogen (secondary N) is 2. The molecule has 38 heavy (non-hydrogen) atoms. The number of fused-ring (bicyclic) bond motifs is 2. The van der Waals surface area contributed by atoms with Crippen LogP contribution in [0.5, 0.6) is 0 Å². The van der Waals surface area contributed by atoms with Crippen LogP contribution in [0.2, 0.25) is 0 Å². The highest BCUT2D eigenvalue weighted by Gasteiger charge is 2.30. The second-order valence-electron chi connectivity index (χ2n) is 10.8. The van der Waals surface area contributed by atoms with Crippen LogP contribution in [0.25, 0.3) is 0 Å². The van der Waals surface area contributed by atoms with Crippen molar-refractivity contribution in [3.63, 3.8) is 0 Å². The first-order valence-electron chi connectivity index (χ1n) is 14.1. The molecule has 2 aliphatic rings. The van der Waals surface area contributed by atoms with Gasteiger partial charge < -0.3 is 10.6 Å². The average Bonchev–Trinajstić information content (AvgIpc) is 2.98. The summed E-state index contributed by atoms with van der Waals surface area (Å²) >= 11 is 0. The van der Waals surface area contributed by atoms with Crippen molar-refractivity contribution in [1.29, 1.82) is 0 Å². The van der Waals surface area contributed by atoms with Gasteiger partial charge in [0.25, 0.3) is 0 Å². The average molecular weight is 503 g/mol. The van der Waals surface area contributed by atoms with Gasteiger partial charge in [-0.05, 0) is 65.1 Å². The van der Waals surface area contributed by atoms with E-state index in [0.717, 1.165) is 45.6 Å². The molecule has 0 spiro atoms. The lowest BCUT2D eigenvalue weighted by atomic mass is 9.89. The standard InChI is InChI=1S/C34H38N4/c1-2-8-26(9-3-1)21-35-22-27-15-17-28(18-16-27)24-38(33-14-6-12-29-13-7-19-36-34(29)33)25-32-20-30-10-4-5-11-31(30)23-37-32/h1-5,7-11,13,15-19,32-33,35,37H,6,12,14,20-25H2/t32-,33+/m1/s1. The maximum atomic E-state index is 4.89. The topological polar surface area (TPSA) is 40.2 Å². The van der Waals surface area contributed by atoms with E-state index in [2.05, 4.69) is 107 Å².